The lowest BCUT2D eigenvalue weighted by Gasteiger charge is -2.12. The van der Waals surface area contributed by atoms with Crippen molar-refractivity contribution in [1.82, 2.24) is 9.36 Å². The van der Waals surface area contributed by atoms with Gasteiger partial charge in [-0.2, -0.15) is 0 Å². The Labute approximate surface area is 208 Å². The summed E-state index contributed by atoms with van der Waals surface area (Å²) >= 11 is 6.75. The number of rotatable bonds is 8. The minimum absolute atomic E-state index is 0.279. The van der Waals surface area contributed by atoms with Crippen LogP contribution in [0.25, 0.3) is 11.8 Å². The Kier molecular flexibility index (Phi) is 7.38. The molecule has 0 atom stereocenters. The fourth-order valence-corrected chi connectivity index (χ4v) is 5.14. The molecule has 4 rings (SSSR count). The molecular formula is C26H27N3O3S2. The largest absolute Gasteiger partial charge is 0.493 e. The summed E-state index contributed by atoms with van der Waals surface area (Å²) in [6.07, 6.45) is 5.01. The quantitative estimate of drug-likeness (QED) is 0.237. The van der Waals surface area contributed by atoms with E-state index in [1.54, 1.807) is 22.5 Å². The van der Waals surface area contributed by atoms with Gasteiger partial charge in [-0.15, -0.1) is 0 Å². The second kappa shape index (κ2) is 10.4. The first kappa shape index (κ1) is 24.0. The molecule has 0 aliphatic carbocycles. The minimum atomic E-state index is -0.304. The number of aromatic nitrogens is 2. The lowest BCUT2D eigenvalue weighted by atomic mass is 10.2. The molecule has 0 N–H and O–H groups in total. The molecule has 0 saturated carbocycles. The Morgan fingerprint density at radius 3 is 2.47 bits per heavy atom. The van der Waals surface area contributed by atoms with E-state index in [2.05, 4.69) is 6.92 Å². The Morgan fingerprint density at radius 1 is 1.03 bits per heavy atom. The second-order valence-electron chi connectivity index (χ2n) is 8.02. The van der Waals surface area contributed by atoms with Crippen LogP contribution in [0.1, 0.15) is 37.4 Å². The van der Waals surface area contributed by atoms with Gasteiger partial charge in [0.2, 0.25) is 0 Å². The maximum absolute atomic E-state index is 13.4. The number of ether oxygens (including phenoxy) is 1. The molecule has 1 fully saturated rings. The van der Waals surface area contributed by atoms with Gasteiger partial charge >= 0.3 is 0 Å². The smallest absolute Gasteiger partial charge is 0.296 e. The van der Waals surface area contributed by atoms with Crippen molar-refractivity contribution in [2.24, 2.45) is 7.05 Å². The van der Waals surface area contributed by atoms with E-state index < -0.39 is 0 Å². The van der Waals surface area contributed by atoms with E-state index in [0.29, 0.717) is 21.5 Å². The third-order valence-electron chi connectivity index (χ3n) is 5.75. The third-order valence-corrected chi connectivity index (χ3v) is 7.05. The molecular weight excluding hydrogens is 466 g/mol. The number of nitrogens with zero attached hydrogens (tertiary/aromatic N) is 3. The molecule has 0 spiro atoms. The Balaban J connectivity index is 1.67. The SMILES string of the molecule is CCCCCOc1ccccc1/C=C1/SC(=S)N(c2c(C)n(C)n(-c3ccccc3)c2=O)C1=O. The summed E-state index contributed by atoms with van der Waals surface area (Å²) in [4.78, 5) is 28.7. The first-order chi connectivity index (χ1) is 16.4. The zero-order valence-electron chi connectivity index (χ0n) is 19.5. The van der Waals surface area contributed by atoms with Gasteiger partial charge in [0.1, 0.15) is 11.4 Å². The van der Waals surface area contributed by atoms with Gasteiger partial charge in [-0.05, 0) is 37.6 Å². The molecule has 2 heterocycles. The Bertz CT molecular complexity index is 1310. The molecule has 176 valence electrons. The van der Waals surface area contributed by atoms with E-state index in [-0.39, 0.29) is 17.2 Å². The molecule has 6 nitrogen and oxygen atoms in total. The maximum Gasteiger partial charge on any atom is 0.296 e. The van der Waals surface area contributed by atoms with Crippen molar-refractivity contribution >= 4 is 46.0 Å². The molecule has 1 saturated heterocycles. The van der Waals surface area contributed by atoms with Gasteiger partial charge < -0.3 is 4.74 Å². The highest BCUT2D eigenvalue weighted by Gasteiger charge is 2.37. The normalized spacial score (nSPS) is 14.9. The van der Waals surface area contributed by atoms with Gasteiger partial charge in [0.15, 0.2) is 4.32 Å². The topological polar surface area (TPSA) is 56.5 Å². The number of carbonyl (C=O) groups is 1. The molecule has 0 bridgehead atoms. The highest BCUT2D eigenvalue weighted by molar-refractivity contribution is 8.27. The van der Waals surface area contributed by atoms with E-state index >= 15 is 0 Å². The van der Waals surface area contributed by atoms with Crippen LogP contribution in [0.15, 0.2) is 64.3 Å². The summed E-state index contributed by atoms with van der Waals surface area (Å²) in [6.45, 7) is 4.60. The van der Waals surface area contributed by atoms with Gasteiger partial charge in [-0.25, -0.2) is 4.68 Å². The van der Waals surface area contributed by atoms with Crippen molar-refractivity contribution < 1.29 is 9.53 Å². The molecule has 1 aliphatic heterocycles. The molecule has 1 amide bonds. The molecule has 8 heteroatoms. The maximum atomic E-state index is 13.4. The van der Waals surface area contributed by atoms with E-state index in [1.165, 1.54) is 16.7 Å². The number of thioether (sulfide) groups is 1. The number of anilines is 1. The lowest BCUT2D eigenvalue weighted by Crippen LogP contribution is -2.33. The van der Waals surface area contributed by atoms with Gasteiger partial charge in [0.25, 0.3) is 11.5 Å². The van der Waals surface area contributed by atoms with Gasteiger partial charge in [-0.3, -0.25) is 19.2 Å². The number of amides is 1. The molecule has 1 aromatic heterocycles. The van der Waals surface area contributed by atoms with Crippen LogP contribution in [-0.2, 0) is 11.8 Å². The summed E-state index contributed by atoms with van der Waals surface area (Å²) < 4.78 is 9.59. The summed E-state index contributed by atoms with van der Waals surface area (Å²) in [5.74, 6) is 0.424. The molecule has 0 radical (unpaired) electrons. The van der Waals surface area contributed by atoms with Crippen LogP contribution in [0.4, 0.5) is 5.69 Å². The van der Waals surface area contributed by atoms with Crippen LogP contribution in [0.5, 0.6) is 5.75 Å². The van der Waals surface area contributed by atoms with Crippen LogP contribution in [0.3, 0.4) is 0 Å². The van der Waals surface area contributed by atoms with Crippen molar-refractivity contribution in [2.75, 3.05) is 11.5 Å². The van der Waals surface area contributed by atoms with Crippen LogP contribution < -0.4 is 15.2 Å². The molecule has 3 aromatic rings. The van der Waals surface area contributed by atoms with Crippen molar-refractivity contribution in [3.63, 3.8) is 0 Å². The first-order valence-corrected chi connectivity index (χ1v) is 12.5. The predicted octanol–water partition coefficient (Wildman–Crippen LogP) is 5.46. The number of benzene rings is 2. The van der Waals surface area contributed by atoms with Crippen molar-refractivity contribution in [3.8, 4) is 11.4 Å². The summed E-state index contributed by atoms with van der Waals surface area (Å²) in [6, 6.07) is 17.0. The van der Waals surface area contributed by atoms with E-state index in [0.717, 1.165) is 36.3 Å². The molecule has 0 unspecified atom stereocenters. The van der Waals surface area contributed by atoms with Crippen LogP contribution in [0.2, 0.25) is 0 Å². The monoisotopic (exact) mass is 493 g/mol. The highest BCUT2D eigenvalue weighted by atomic mass is 32.2. The van der Waals surface area contributed by atoms with Crippen molar-refractivity contribution in [1.29, 1.82) is 0 Å². The van der Waals surface area contributed by atoms with Crippen LogP contribution in [-0.4, -0.2) is 26.2 Å². The summed E-state index contributed by atoms with van der Waals surface area (Å²) in [5.41, 5.74) is 2.18. The molecule has 2 aromatic carbocycles. The van der Waals surface area contributed by atoms with Gasteiger partial charge in [-0.1, -0.05) is 80.1 Å². The highest BCUT2D eigenvalue weighted by Crippen LogP contribution is 2.37. The lowest BCUT2D eigenvalue weighted by molar-refractivity contribution is -0.113. The van der Waals surface area contributed by atoms with Crippen molar-refractivity contribution in [3.05, 3.63) is 81.1 Å². The van der Waals surface area contributed by atoms with Gasteiger partial charge in [0.05, 0.1) is 22.9 Å². The average Bonchev–Trinajstić information content (AvgIpc) is 3.23. The molecule has 1 aliphatic rings. The van der Waals surface area contributed by atoms with E-state index in [4.69, 9.17) is 17.0 Å². The third kappa shape index (κ3) is 4.60. The standard InChI is InChI=1S/C26H27N3O3S2/c1-4-5-11-16-32-21-15-10-9-12-19(21)17-22-24(30)28(26(33)34-22)23-18(2)27(3)29(25(23)31)20-13-7-6-8-14-20/h6-10,12-15,17H,4-5,11,16H2,1-3H3/b22-17+. The average molecular weight is 494 g/mol. The summed E-state index contributed by atoms with van der Waals surface area (Å²) in [5, 5.41) is 0. The number of hydrogen-bond donors (Lipinski definition) is 0. The minimum Gasteiger partial charge on any atom is -0.493 e. The second-order valence-corrected chi connectivity index (χ2v) is 9.70. The Morgan fingerprint density at radius 2 is 1.74 bits per heavy atom. The van der Waals surface area contributed by atoms with E-state index in [9.17, 15) is 9.59 Å². The zero-order valence-corrected chi connectivity index (χ0v) is 21.1. The van der Waals surface area contributed by atoms with E-state index in [1.807, 2.05) is 61.5 Å². The first-order valence-electron chi connectivity index (χ1n) is 11.3. The fraction of sp³-hybridized carbons (Fsp3) is 0.269. The van der Waals surface area contributed by atoms with Gasteiger partial charge in [0, 0.05) is 12.6 Å². The van der Waals surface area contributed by atoms with Crippen LogP contribution >= 0.6 is 24.0 Å². The van der Waals surface area contributed by atoms with Crippen LogP contribution in [0, 0.1) is 6.92 Å². The number of unbranched alkanes of at least 4 members (excludes halogenated alkanes) is 2. The zero-order chi connectivity index (χ0) is 24.2. The predicted molar refractivity (Wildman–Crippen MR) is 143 cm³/mol. The summed E-state index contributed by atoms with van der Waals surface area (Å²) in [7, 11) is 1.80. The number of thiocarbonyl (C=S) groups is 1. The molecule has 34 heavy (non-hydrogen) atoms. The Hall–Kier alpha value is -3.10. The number of para-hydroxylation sites is 2. The van der Waals surface area contributed by atoms with Crippen molar-refractivity contribution in [2.45, 2.75) is 33.1 Å². The number of hydrogen-bond acceptors (Lipinski definition) is 5. The number of carbonyl (C=O) groups excluding carboxylic acids is 1. The fourth-order valence-electron chi connectivity index (χ4n) is 3.88.